The summed E-state index contributed by atoms with van der Waals surface area (Å²) in [5, 5.41) is 3.35. The number of pyridine rings is 1. The van der Waals surface area contributed by atoms with Gasteiger partial charge in [-0.25, -0.2) is 0 Å². The summed E-state index contributed by atoms with van der Waals surface area (Å²) in [5.41, 5.74) is 0.0117. The maximum atomic E-state index is 5.72. The minimum absolute atomic E-state index is 0.0117. The van der Waals surface area contributed by atoms with Gasteiger partial charge in [0.15, 0.2) is 0 Å². The van der Waals surface area contributed by atoms with Gasteiger partial charge in [0.2, 0.25) is 5.88 Å². The van der Waals surface area contributed by atoms with E-state index in [1.807, 2.05) is 18.2 Å². The minimum atomic E-state index is 0.0117. The number of aromatic nitrogens is 1. The van der Waals surface area contributed by atoms with Crippen molar-refractivity contribution < 1.29 is 4.74 Å². The van der Waals surface area contributed by atoms with Crippen molar-refractivity contribution in [2.24, 2.45) is 0 Å². The predicted octanol–water partition coefficient (Wildman–Crippen LogP) is 2.77. The van der Waals surface area contributed by atoms with Crippen LogP contribution >= 0.6 is 0 Å². The third kappa shape index (κ3) is 5.07. The number of hydrogen-bond acceptors (Lipinski definition) is 4. The van der Waals surface area contributed by atoms with Crippen LogP contribution in [0.2, 0.25) is 0 Å². The summed E-state index contributed by atoms with van der Waals surface area (Å²) in [6.07, 6.45) is 2.67. The Morgan fingerprint density at radius 1 is 1.37 bits per heavy atom. The highest BCUT2D eigenvalue weighted by Crippen LogP contribution is 2.24. The zero-order valence-electron chi connectivity index (χ0n) is 12.4. The molecule has 0 aliphatic heterocycles. The van der Waals surface area contributed by atoms with E-state index in [2.05, 4.69) is 43.0 Å². The highest BCUT2D eigenvalue weighted by atomic mass is 16.5. The van der Waals surface area contributed by atoms with Crippen LogP contribution in [0, 0.1) is 0 Å². The standard InChI is InChI=1S/C15H25N3O/c1-15(2,3)17-13-6-5-7-14(16-13)19-11-10-18(4)12-8-9-12/h5-7,12H,8-11H2,1-4H3,(H,16,17). The molecule has 0 bridgehead atoms. The van der Waals surface area contributed by atoms with Crippen LogP contribution in [-0.2, 0) is 0 Å². The van der Waals surface area contributed by atoms with Crippen LogP contribution < -0.4 is 10.1 Å². The van der Waals surface area contributed by atoms with Crippen LogP contribution in [0.3, 0.4) is 0 Å². The number of rotatable bonds is 6. The summed E-state index contributed by atoms with van der Waals surface area (Å²) in [4.78, 5) is 6.82. The molecule has 1 N–H and O–H groups in total. The summed E-state index contributed by atoms with van der Waals surface area (Å²) in [7, 11) is 2.16. The van der Waals surface area contributed by atoms with Crippen molar-refractivity contribution in [1.29, 1.82) is 0 Å². The molecule has 0 atom stereocenters. The van der Waals surface area contributed by atoms with Gasteiger partial charge in [-0.15, -0.1) is 0 Å². The third-order valence-corrected chi connectivity index (χ3v) is 3.09. The van der Waals surface area contributed by atoms with Gasteiger partial charge in [-0.2, -0.15) is 4.98 Å². The summed E-state index contributed by atoms with van der Waals surface area (Å²) in [6.45, 7) is 8.01. The Hall–Kier alpha value is -1.29. The summed E-state index contributed by atoms with van der Waals surface area (Å²) < 4.78 is 5.72. The lowest BCUT2D eigenvalue weighted by atomic mass is 10.1. The first-order valence-corrected chi connectivity index (χ1v) is 7.02. The van der Waals surface area contributed by atoms with E-state index in [1.54, 1.807) is 0 Å². The molecular formula is C15H25N3O. The van der Waals surface area contributed by atoms with E-state index in [0.717, 1.165) is 18.4 Å². The smallest absolute Gasteiger partial charge is 0.215 e. The van der Waals surface area contributed by atoms with Gasteiger partial charge >= 0.3 is 0 Å². The quantitative estimate of drug-likeness (QED) is 0.856. The monoisotopic (exact) mass is 263 g/mol. The Morgan fingerprint density at radius 3 is 2.74 bits per heavy atom. The first-order chi connectivity index (χ1) is 8.94. The number of nitrogens with one attached hydrogen (secondary N) is 1. The molecule has 1 aliphatic carbocycles. The van der Waals surface area contributed by atoms with Crippen LogP contribution in [-0.4, -0.2) is 41.7 Å². The molecule has 1 aliphatic rings. The molecule has 4 nitrogen and oxygen atoms in total. The number of nitrogens with zero attached hydrogens (tertiary/aromatic N) is 2. The van der Waals surface area contributed by atoms with Crippen LogP contribution in [0.15, 0.2) is 18.2 Å². The van der Waals surface area contributed by atoms with Gasteiger partial charge in [-0.1, -0.05) is 6.07 Å². The van der Waals surface area contributed by atoms with Crippen LogP contribution in [0.4, 0.5) is 5.82 Å². The zero-order valence-corrected chi connectivity index (χ0v) is 12.4. The summed E-state index contributed by atoms with van der Waals surface area (Å²) in [5.74, 6) is 1.55. The van der Waals surface area contributed by atoms with Gasteiger partial charge in [-0.3, -0.25) is 0 Å². The number of ether oxygens (including phenoxy) is 1. The Bertz CT molecular complexity index is 410. The van der Waals surface area contributed by atoms with Crippen LogP contribution in [0.5, 0.6) is 5.88 Å². The van der Waals surface area contributed by atoms with Crippen molar-refractivity contribution in [2.45, 2.75) is 45.2 Å². The van der Waals surface area contributed by atoms with Gasteiger partial charge in [0.05, 0.1) is 0 Å². The maximum Gasteiger partial charge on any atom is 0.215 e. The molecule has 4 heteroatoms. The lowest BCUT2D eigenvalue weighted by molar-refractivity contribution is 0.226. The topological polar surface area (TPSA) is 37.4 Å². The SMILES string of the molecule is CN(CCOc1cccc(NC(C)(C)C)n1)C1CC1. The summed E-state index contributed by atoms with van der Waals surface area (Å²) >= 11 is 0. The fourth-order valence-electron chi connectivity index (χ4n) is 1.94. The van der Waals surface area contributed by atoms with Gasteiger partial charge in [0.1, 0.15) is 12.4 Å². The molecular weight excluding hydrogens is 238 g/mol. The first-order valence-electron chi connectivity index (χ1n) is 7.02. The molecule has 1 aromatic rings. The van der Waals surface area contributed by atoms with Gasteiger partial charge in [-0.05, 0) is 46.7 Å². The van der Waals surface area contributed by atoms with Crippen LogP contribution in [0.1, 0.15) is 33.6 Å². The zero-order chi connectivity index (χ0) is 13.9. The fourth-order valence-corrected chi connectivity index (χ4v) is 1.94. The average Bonchev–Trinajstić information content (AvgIpc) is 3.10. The van der Waals surface area contributed by atoms with E-state index in [9.17, 15) is 0 Å². The van der Waals surface area contributed by atoms with Crippen molar-refractivity contribution in [2.75, 3.05) is 25.5 Å². The van der Waals surface area contributed by atoms with E-state index in [4.69, 9.17) is 4.74 Å². The fraction of sp³-hybridized carbons (Fsp3) is 0.667. The van der Waals surface area contributed by atoms with Crippen molar-refractivity contribution in [3.05, 3.63) is 18.2 Å². The van der Waals surface area contributed by atoms with E-state index >= 15 is 0 Å². The van der Waals surface area contributed by atoms with Crippen molar-refractivity contribution in [3.8, 4) is 5.88 Å². The van der Waals surface area contributed by atoms with Crippen molar-refractivity contribution in [3.63, 3.8) is 0 Å². The molecule has 0 saturated heterocycles. The second kappa shape index (κ2) is 5.78. The van der Waals surface area contributed by atoms with Crippen molar-refractivity contribution in [1.82, 2.24) is 9.88 Å². The third-order valence-electron chi connectivity index (χ3n) is 3.09. The lowest BCUT2D eigenvalue weighted by Gasteiger charge is -2.21. The van der Waals surface area contributed by atoms with Crippen LogP contribution in [0.25, 0.3) is 0 Å². The largest absolute Gasteiger partial charge is 0.476 e. The van der Waals surface area contributed by atoms with Crippen molar-refractivity contribution >= 4 is 5.82 Å². The van der Waals surface area contributed by atoms with E-state index in [0.29, 0.717) is 12.5 Å². The average molecular weight is 263 g/mol. The Morgan fingerprint density at radius 2 is 2.11 bits per heavy atom. The number of hydrogen-bond donors (Lipinski definition) is 1. The number of likely N-dealkylation sites (N-methyl/N-ethyl adjacent to an activating group) is 1. The van der Waals surface area contributed by atoms with Gasteiger partial charge in [0, 0.05) is 24.2 Å². The molecule has 0 spiro atoms. The molecule has 1 fully saturated rings. The Labute approximate surface area is 116 Å². The second-order valence-electron chi connectivity index (χ2n) is 6.30. The highest BCUT2D eigenvalue weighted by Gasteiger charge is 2.25. The van der Waals surface area contributed by atoms with E-state index in [-0.39, 0.29) is 5.54 Å². The normalized spacial score (nSPS) is 15.6. The first kappa shape index (κ1) is 14.1. The lowest BCUT2D eigenvalue weighted by Crippen LogP contribution is -2.27. The van der Waals surface area contributed by atoms with E-state index in [1.165, 1.54) is 12.8 Å². The molecule has 1 aromatic heterocycles. The molecule has 19 heavy (non-hydrogen) atoms. The molecule has 1 heterocycles. The molecule has 0 unspecified atom stereocenters. The molecule has 2 rings (SSSR count). The molecule has 0 amide bonds. The van der Waals surface area contributed by atoms with Gasteiger partial charge < -0.3 is 15.0 Å². The predicted molar refractivity (Wildman–Crippen MR) is 78.8 cm³/mol. The Kier molecular flexibility index (Phi) is 4.30. The second-order valence-corrected chi connectivity index (χ2v) is 6.30. The maximum absolute atomic E-state index is 5.72. The Balaban J connectivity index is 1.81. The van der Waals surface area contributed by atoms with E-state index < -0.39 is 0 Å². The number of anilines is 1. The highest BCUT2D eigenvalue weighted by molar-refractivity contribution is 5.39. The summed E-state index contributed by atoms with van der Waals surface area (Å²) in [6, 6.07) is 6.63. The molecule has 0 radical (unpaired) electrons. The molecule has 0 aromatic carbocycles. The minimum Gasteiger partial charge on any atom is -0.476 e. The van der Waals surface area contributed by atoms with Gasteiger partial charge in [0.25, 0.3) is 0 Å². The molecule has 106 valence electrons. The molecule has 1 saturated carbocycles.